The molecule has 0 aliphatic carbocycles. The zero-order valence-electron chi connectivity index (χ0n) is 6.78. The highest BCUT2D eigenvalue weighted by Gasteiger charge is 2.24. The second kappa shape index (κ2) is 3.82. The summed E-state index contributed by atoms with van der Waals surface area (Å²) in [7, 11) is 1.94. The van der Waals surface area contributed by atoms with Crippen LogP contribution in [0.5, 0.6) is 0 Å². The van der Waals surface area contributed by atoms with Crippen molar-refractivity contribution in [2.75, 3.05) is 19.3 Å². The highest BCUT2D eigenvalue weighted by atomic mass is 32.2. The van der Waals surface area contributed by atoms with Crippen LogP contribution in [-0.4, -0.2) is 35.6 Å². The molecule has 0 radical (unpaired) electrons. The lowest BCUT2D eigenvalue weighted by Gasteiger charge is -2.17. The quantitative estimate of drug-likeness (QED) is 0.654. The molecule has 1 aliphatic heterocycles. The van der Waals surface area contributed by atoms with E-state index >= 15 is 0 Å². The Kier molecular flexibility index (Phi) is 3.02. The van der Waals surface area contributed by atoms with E-state index in [-0.39, 0.29) is 6.23 Å². The van der Waals surface area contributed by atoms with Crippen LogP contribution < -0.4 is 5.73 Å². The fraction of sp³-hybridized carbons (Fsp3) is 0.833. The van der Waals surface area contributed by atoms with Crippen LogP contribution in [0.25, 0.3) is 0 Å². The maximum Gasteiger partial charge on any atom is 0.213 e. The Morgan fingerprint density at radius 2 is 2.55 bits per heavy atom. The minimum Gasteiger partial charge on any atom is -0.367 e. The first kappa shape index (κ1) is 8.67. The van der Waals surface area contributed by atoms with Gasteiger partial charge < -0.3 is 15.5 Å². The summed E-state index contributed by atoms with van der Waals surface area (Å²) in [6.45, 7) is 2.56. The molecule has 0 aromatic carbocycles. The van der Waals surface area contributed by atoms with Gasteiger partial charge in [0.25, 0.3) is 0 Å². The number of likely N-dealkylation sites (N-methyl/N-ethyl adjacent to an activating group) is 1. The van der Waals surface area contributed by atoms with Gasteiger partial charge in [-0.2, -0.15) is 0 Å². The van der Waals surface area contributed by atoms with Gasteiger partial charge in [0.05, 0.1) is 6.54 Å². The van der Waals surface area contributed by atoms with Crippen molar-refractivity contribution in [2.45, 2.75) is 13.2 Å². The van der Waals surface area contributed by atoms with Crippen molar-refractivity contribution in [2.24, 2.45) is 10.9 Å². The Morgan fingerprint density at radius 3 is 3.00 bits per heavy atom. The summed E-state index contributed by atoms with van der Waals surface area (Å²) >= 11 is 1.66. The van der Waals surface area contributed by atoms with Crippen molar-refractivity contribution in [1.29, 1.82) is 0 Å². The molecular formula is C6H13N3OS. The number of hydrogen-bond acceptors (Lipinski definition) is 5. The number of amidine groups is 1. The Balaban J connectivity index is 2.45. The molecule has 0 bridgehead atoms. The van der Waals surface area contributed by atoms with Crippen molar-refractivity contribution in [3.05, 3.63) is 0 Å². The van der Waals surface area contributed by atoms with Crippen LogP contribution in [0.1, 0.15) is 6.92 Å². The predicted octanol–water partition coefficient (Wildman–Crippen LogP) is 0.257. The third kappa shape index (κ3) is 1.78. The van der Waals surface area contributed by atoms with E-state index in [0.717, 1.165) is 10.9 Å². The number of thioether (sulfide) groups is 1. The molecule has 5 heteroatoms. The smallest absolute Gasteiger partial charge is 0.213 e. The Labute approximate surface area is 70.7 Å². The van der Waals surface area contributed by atoms with Gasteiger partial charge in [0.2, 0.25) is 11.4 Å². The topological polar surface area (TPSA) is 50.9 Å². The van der Waals surface area contributed by atoms with Gasteiger partial charge >= 0.3 is 0 Å². The minimum atomic E-state index is -0.0657. The third-order valence-electron chi connectivity index (χ3n) is 1.46. The molecule has 64 valence electrons. The summed E-state index contributed by atoms with van der Waals surface area (Å²) in [5.74, 6) is 1.00. The summed E-state index contributed by atoms with van der Waals surface area (Å²) in [5, 5.41) is 4.80. The van der Waals surface area contributed by atoms with Gasteiger partial charge in [0.15, 0.2) is 0 Å². The molecule has 1 atom stereocenters. The average Bonchev–Trinajstić information content (AvgIpc) is 2.34. The van der Waals surface area contributed by atoms with Gasteiger partial charge in [-0.3, -0.25) is 0 Å². The van der Waals surface area contributed by atoms with E-state index in [0.29, 0.717) is 6.54 Å². The Bertz CT molecular complexity index is 162. The second-order valence-corrected chi connectivity index (χ2v) is 3.44. The molecule has 4 nitrogen and oxygen atoms in total. The Hall–Kier alpha value is -0.420. The molecule has 11 heavy (non-hydrogen) atoms. The first-order valence-corrected chi connectivity index (χ1v) is 4.57. The average molecular weight is 175 g/mol. The maximum atomic E-state index is 5.43. The number of oxime groups is 1. The minimum absolute atomic E-state index is 0.0657. The van der Waals surface area contributed by atoms with Crippen LogP contribution in [0.3, 0.4) is 0 Å². The number of nitrogens with two attached hydrogens (primary N) is 1. The first-order chi connectivity index (χ1) is 5.29. The molecule has 0 spiro atoms. The van der Waals surface area contributed by atoms with Gasteiger partial charge in [-0.1, -0.05) is 23.8 Å². The van der Waals surface area contributed by atoms with Crippen molar-refractivity contribution in [3.63, 3.8) is 0 Å². The molecule has 1 rings (SSSR count). The molecule has 0 amide bonds. The van der Waals surface area contributed by atoms with Gasteiger partial charge in [-0.25, -0.2) is 0 Å². The summed E-state index contributed by atoms with van der Waals surface area (Å²) in [6, 6.07) is 0. The monoisotopic (exact) mass is 175 g/mol. The van der Waals surface area contributed by atoms with Crippen LogP contribution in [0.4, 0.5) is 0 Å². The molecule has 0 aromatic rings. The largest absolute Gasteiger partial charge is 0.367 e. The fourth-order valence-corrected chi connectivity index (χ4v) is 1.50. The van der Waals surface area contributed by atoms with Crippen molar-refractivity contribution >= 4 is 16.9 Å². The summed E-state index contributed by atoms with van der Waals surface area (Å²) in [5.41, 5.74) is 5.43. The maximum absolute atomic E-state index is 5.43. The molecule has 1 heterocycles. The third-order valence-corrected chi connectivity index (χ3v) is 2.37. The molecule has 1 unspecified atom stereocenters. The SMILES string of the molecule is CCSC1=NOC(CN)N1C. The lowest BCUT2D eigenvalue weighted by atomic mass is 10.5. The number of rotatable bonds is 2. The lowest BCUT2D eigenvalue weighted by Crippen LogP contribution is -2.36. The van der Waals surface area contributed by atoms with Crippen LogP contribution in [0.2, 0.25) is 0 Å². The molecule has 0 saturated heterocycles. The zero-order chi connectivity index (χ0) is 8.27. The van der Waals surface area contributed by atoms with Crippen LogP contribution in [0, 0.1) is 0 Å². The highest BCUT2D eigenvalue weighted by Crippen LogP contribution is 2.16. The van der Waals surface area contributed by atoms with Crippen LogP contribution in [0.15, 0.2) is 5.16 Å². The van der Waals surface area contributed by atoms with Gasteiger partial charge in [-0.05, 0) is 5.75 Å². The van der Waals surface area contributed by atoms with E-state index < -0.39 is 0 Å². The summed E-state index contributed by atoms with van der Waals surface area (Å²) in [6.07, 6.45) is -0.0657. The molecule has 0 saturated carbocycles. The van der Waals surface area contributed by atoms with E-state index in [9.17, 15) is 0 Å². The zero-order valence-corrected chi connectivity index (χ0v) is 7.60. The first-order valence-electron chi connectivity index (χ1n) is 3.59. The van der Waals surface area contributed by atoms with E-state index in [1.54, 1.807) is 11.8 Å². The van der Waals surface area contributed by atoms with E-state index in [1.807, 2.05) is 11.9 Å². The summed E-state index contributed by atoms with van der Waals surface area (Å²) in [4.78, 5) is 7.00. The summed E-state index contributed by atoms with van der Waals surface area (Å²) < 4.78 is 0. The number of nitrogens with zero attached hydrogens (tertiary/aromatic N) is 2. The molecule has 0 aromatic heterocycles. The van der Waals surface area contributed by atoms with Crippen LogP contribution >= 0.6 is 11.8 Å². The van der Waals surface area contributed by atoms with E-state index in [4.69, 9.17) is 10.6 Å². The van der Waals surface area contributed by atoms with Gasteiger partial charge in [0.1, 0.15) is 0 Å². The van der Waals surface area contributed by atoms with E-state index in [2.05, 4.69) is 12.1 Å². The van der Waals surface area contributed by atoms with Gasteiger partial charge in [0, 0.05) is 7.05 Å². The highest BCUT2D eigenvalue weighted by molar-refractivity contribution is 8.13. The fourth-order valence-electron chi connectivity index (χ4n) is 0.823. The molecule has 0 fully saturated rings. The lowest BCUT2D eigenvalue weighted by molar-refractivity contribution is 0.0278. The van der Waals surface area contributed by atoms with Crippen molar-refractivity contribution in [1.82, 2.24) is 4.90 Å². The standard InChI is InChI=1S/C6H13N3OS/c1-3-11-6-8-10-5(4-7)9(6)2/h5H,3-4,7H2,1-2H3. The van der Waals surface area contributed by atoms with Crippen molar-refractivity contribution in [3.8, 4) is 0 Å². The van der Waals surface area contributed by atoms with E-state index in [1.165, 1.54) is 0 Å². The molecular weight excluding hydrogens is 162 g/mol. The van der Waals surface area contributed by atoms with Gasteiger partial charge in [-0.15, -0.1) is 0 Å². The normalized spacial score (nSPS) is 23.4. The Morgan fingerprint density at radius 1 is 1.82 bits per heavy atom. The molecule has 2 N–H and O–H groups in total. The molecule has 1 aliphatic rings. The predicted molar refractivity (Wildman–Crippen MR) is 47.3 cm³/mol. The van der Waals surface area contributed by atoms with Crippen LogP contribution in [-0.2, 0) is 4.84 Å². The van der Waals surface area contributed by atoms with Crippen molar-refractivity contribution < 1.29 is 4.84 Å². The second-order valence-electron chi connectivity index (χ2n) is 2.21. The number of hydrogen-bond donors (Lipinski definition) is 1.